The molecule has 0 aliphatic rings. The maximum atomic E-state index is 5.44. The fourth-order valence-corrected chi connectivity index (χ4v) is 1.50. The average molecular weight is 260 g/mol. The van der Waals surface area contributed by atoms with E-state index >= 15 is 0 Å². The fraction of sp³-hybridized carbons (Fsp3) is 0.471. The summed E-state index contributed by atoms with van der Waals surface area (Å²) in [6.45, 7) is 7.89. The number of rotatable bonds is 8. The zero-order valence-corrected chi connectivity index (χ0v) is 12.2. The summed E-state index contributed by atoms with van der Waals surface area (Å²) in [4.78, 5) is 0. The van der Waals surface area contributed by atoms with Crippen LogP contribution in [-0.4, -0.2) is 13.4 Å². The van der Waals surface area contributed by atoms with Gasteiger partial charge in [0.2, 0.25) is 0 Å². The Hall–Kier alpha value is -1.34. The van der Waals surface area contributed by atoms with Crippen molar-refractivity contribution in [2.45, 2.75) is 33.8 Å². The molecule has 0 aliphatic heterocycles. The van der Waals surface area contributed by atoms with Crippen LogP contribution < -0.4 is 0 Å². The summed E-state index contributed by atoms with van der Waals surface area (Å²) in [6, 6.07) is 10.1. The Labute approximate surface area is 116 Å². The summed E-state index contributed by atoms with van der Waals surface area (Å²) in [7, 11) is 0. The van der Waals surface area contributed by atoms with Gasteiger partial charge in [0.15, 0.2) is 0 Å². The second-order valence-corrected chi connectivity index (χ2v) is 5.06. The van der Waals surface area contributed by atoms with Gasteiger partial charge in [0.05, 0.1) is 13.2 Å². The van der Waals surface area contributed by atoms with E-state index in [1.54, 1.807) is 0 Å². The summed E-state index contributed by atoms with van der Waals surface area (Å²) in [6.07, 6.45) is 3.13. The van der Waals surface area contributed by atoms with Crippen LogP contribution in [0.2, 0.25) is 0 Å². The van der Waals surface area contributed by atoms with Gasteiger partial charge in [-0.15, -0.1) is 5.73 Å². The van der Waals surface area contributed by atoms with E-state index < -0.39 is 0 Å². The van der Waals surface area contributed by atoms with Gasteiger partial charge in [-0.25, -0.2) is 0 Å². The van der Waals surface area contributed by atoms with Gasteiger partial charge in [0.25, 0.3) is 0 Å². The number of hydrogen-bond acceptors (Lipinski definition) is 2. The Bertz CT molecular complexity index is 401. The van der Waals surface area contributed by atoms with Crippen molar-refractivity contribution in [2.75, 3.05) is 13.4 Å². The minimum Gasteiger partial charge on any atom is -0.351 e. The lowest BCUT2D eigenvalue weighted by Crippen LogP contribution is -2.02. The second kappa shape index (κ2) is 9.57. The third-order valence-electron chi connectivity index (χ3n) is 2.53. The largest absolute Gasteiger partial charge is 0.351 e. The van der Waals surface area contributed by atoms with Gasteiger partial charge in [-0.05, 0) is 36.5 Å². The van der Waals surface area contributed by atoms with Gasteiger partial charge < -0.3 is 9.47 Å². The molecule has 19 heavy (non-hydrogen) atoms. The normalized spacial score (nSPS) is 10.3. The predicted molar refractivity (Wildman–Crippen MR) is 78.8 cm³/mol. The van der Waals surface area contributed by atoms with Crippen molar-refractivity contribution in [3.05, 3.63) is 53.3 Å². The van der Waals surface area contributed by atoms with Crippen LogP contribution >= 0.6 is 0 Å². The van der Waals surface area contributed by atoms with E-state index in [1.807, 2.05) is 37.3 Å². The molecule has 0 bridgehead atoms. The van der Waals surface area contributed by atoms with E-state index in [-0.39, 0.29) is 0 Å². The Kier molecular flexibility index (Phi) is 7.92. The number of hydrogen-bond donors (Lipinski definition) is 0. The van der Waals surface area contributed by atoms with Crippen LogP contribution in [0.15, 0.2) is 47.7 Å². The fourth-order valence-electron chi connectivity index (χ4n) is 1.50. The number of ether oxygens (including phenoxy) is 2. The zero-order valence-electron chi connectivity index (χ0n) is 12.2. The Morgan fingerprint density at radius 1 is 1.21 bits per heavy atom. The molecule has 0 saturated heterocycles. The molecule has 0 N–H and O–H groups in total. The predicted octanol–water partition coefficient (Wildman–Crippen LogP) is 4.32. The molecule has 2 nitrogen and oxygen atoms in total. The van der Waals surface area contributed by atoms with Crippen molar-refractivity contribution in [2.24, 2.45) is 5.92 Å². The summed E-state index contributed by atoms with van der Waals surface area (Å²) in [5, 5.41) is 0. The van der Waals surface area contributed by atoms with Crippen molar-refractivity contribution in [3.8, 4) is 0 Å². The van der Waals surface area contributed by atoms with E-state index in [0.29, 0.717) is 25.9 Å². The smallest absolute Gasteiger partial charge is 0.147 e. The Morgan fingerprint density at radius 2 is 1.95 bits per heavy atom. The third kappa shape index (κ3) is 8.39. The van der Waals surface area contributed by atoms with Crippen LogP contribution in [0.4, 0.5) is 0 Å². The molecule has 0 radical (unpaired) electrons. The van der Waals surface area contributed by atoms with Crippen molar-refractivity contribution in [3.63, 3.8) is 0 Å². The molecular weight excluding hydrogens is 236 g/mol. The highest BCUT2D eigenvalue weighted by Crippen LogP contribution is 2.02. The van der Waals surface area contributed by atoms with Crippen molar-refractivity contribution >= 4 is 0 Å². The molecule has 0 atom stereocenters. The quantitative estimate of drug-likeness (QED) is 0.393. The first-order valence-corrected chi connectivity index (χ1v) is 6.78. The molecule has 0 amide bonds. The van der Waals surface area contributed by atoms with Crippen LogP contribution in [0.5, 0.6) is 0 Å². The Morgan fingerprint density at radius 3 is 2.63 bits per heavy atom. The van der Waals surface area contributed by atoms with Crippen LogP contribution in [0.3, 0.4) is 0 Å². The minimum absolute atomic E-state index is 0.318. The first-order chi connectivity index (χ1) is 9.18. The molecule has 0 spiro atoms. The summed E-state index contributed by atoms with van der Waals surface area (Å²) >= 11 is 0. The maximum absolute atomic E-state index is 5.44. The van der Waals surface area contributed by atoms with Crippen molar-refractivity contribution in [1.82, 2.24) is 0 Å². The highest BCUT2D eigenvalue weighted by molar-refractivity contribution is 5.13. The molecule has 1 aromatic carbocycles. The molecule has 0 aliphatic carbocycles. The van der Waals surface area contributed by atoms with Crippen molar-refractivity contribution < 1.29 is 9.47 Å². The summed E-state index contributed by atoms with van der Waals surface area (Å²) in [5.41, 5.74) is 5.50. The SMILES string of the molecule is CC(=C=CCC(C)C)COCOCc1ccccc1. The lowest BCUT2D eigenvalue weighted by Gasteiger charge is -2.05. The van der Waals surface area contributed by atoms with E-state index in [0.717, 1.165) is 17.6 Å². The monoisotopic (exact) mass is 260 g/mol. The van der Waals surface area contributed by atoms with Gasteiger partial charge in [0.1, 0.15) is 6.79 Å². The topological polar surface area (TPSA) is 18.5 Å². The number of benzene rings is 1. The molecule has 0 unspecified atom stereocenters. The maximum Gasteiger partial charge on any atom is 0.147 e. The lowest BCUT2D eigenvalue weighted by atomic mass is 10.1. The lowest BCUT2D eigenvalue weighted by molar-refractivity contribution is -0.0539. The first-order valence-electron chi connectivity index (χ1n) is 6.78. The molecule has 0 fully saturated rings. The van der Waals surface area contributed by atoms with E-state index in [1.165, 1.54) is 0 Å². The minimum atomic E-state index is 0.318. The summed E-state index contributed by atoms with van der Waals surface area (Å²) < 4.78 is 10.9. The van der Waals surface area contributed by atoms with Gasteiger partial charge in [-0.3, -0.25) is 0 Å². The molecular formula is C17H24O2. The second-order valence-electron chi connectivity index (χ2n) is 5.06. The van der Waals surface area contributed by atoms with Crippen molar-refractivity contribution in [1.29, 1.82) is 0 Å². The van der Waals surface area contributed by atoms with Gasteiger partial charge in [-0.2, -0.15) is 0 Å². The van der Waals surface area contributed by atoms with E-state index in [4.69, 9.17) is 9.47 Å². The molecule has 1 aromatic rings. The van der Waals surface area contributed by atoms with Gasteiger partial charge in [-0.1, -0.05) is 44.2 Å². The molecule has 0 saturated carbocycles. The summed E-state index contributed by atoms with van der Waals surface area (Å²) in [5.74, 6) is 0.676. The molecule has 104 valence electrons. The average Bonchev–Trinajstić information content (AvgIpc) is 2.39. The van der Waals surface area contributed by atoms with Crippen LogP contribution in [0, 0.1) is 5.92 Å². The van der Waals surface area contributed by atoms with E-state index in [9.17, 15) is 0 Å². The third-order valence-corrected chi connectivity index (χ3v) is 2.53. The van der Waals surface area contributed by atoms with Gasteiger partial charge >= 0.3 is 0 Å². The van der Waals surface area contributed by atoms with Crippen LogP contribution in [0.25, 0.3) is 0 Å². The molecule has 0 aromatic heterocycles. The standard InChI is InChI=1S/C17H24O2/c1-15(2)8-7-9-16(3)12-18-14-19-13-17-10-5-4-6-11-17/h4-7,10-11,15H,8,12-14H2,1-3H3. The molecule has 1 rings (SSSR count). The van der Waals surface area contributed by atoms with Gasteiger partial charge in [0, 0.05) is 0 Å². The van der Waals surface area contributed by atoms with Crippen LogP contribution in [-0.2, 0) is 16.1 Å². The van der Waals surface area contributed by atoms with E-state index in [2.05, 4.69) is 25.7 Å². The molecule has 0 heterocycles. The highest BCUT2D eigenvalue weighted by atomic mass is 16.7. The first kappa shape index (κ1) is 15.7. The van der Waals surface area contributed by atoms with Crippen LogP contribution in [0.1, 0.15) is 32.8 Å². The Balaban J connectivity index is 2.12. The molecule has 2 heteroatoms. The zero-order chi connectivity index (χ0) is 13.9. The highest BCUT2D eigenvalue weighted by Gasteiger charge is 1.93.